The van der Waals surface area contributed by atoms with E-state index in [1.165, 1.54) is 60.0 Å². The van der Waals surface area contributed by atoms with Gasteiger partial charge in [-0.1, -0.05) is 48.5 Å². The highest BCUT2D eigenvalue weighted by Gasteiger charge is 2.57. The number of benzene rings is 2. The molecule has 2 heterocycles. The molecule has 4 bridgehead atoms. The highest BCUT2D eigenvalue weighted by Crippen LogP contribution is 2.64. The first-order valence-corrected chi connectivity index (χ1v) is 16.0. The van der Waals surface area contributed by atoms with Gasteiger partial charge in [0.05, 0.1) is 0 Å². The molecule has 4 aliphatic rings. The second-order valence-electron chi connectivity index (χ2n) is 11.6. The molecule has 36 heavy (non-hydrogen) atoms. The van der Waals surface area contributed by atoms with Crippen molar-refractivity contribution in [1.82, 2.24) is 9.97 Å². The van der Waals surface area contributed by atoms with Crippen LogP contribution in [0.3, 0.4) is 0 Å². The fourth-order valence-electron chi connectivity index (χ4n) is 8.47. The Bertz CT molecular complexity index is 1260. The molecule has 4 aliphatic carbocycles. The van der Waals surface area contributed by atoms with Crippen LogP contribution in [0.5, 0.6) is 0 Å². The van der Waals surface area contributed by atoms with Crippen LogP contribution in [0.2, 0.25) is 0 Å². The molecule has 8 rings (SSSR count). The minimum Gasteiger partial charge on any atom is -0.367 e. The third-order valence-electron chi connectivity index (χ3n) is 9.64. The van der Waals surface area contributed by atoms with Crippen LogP contribution < -0.4 is 10.6 Å². The number of aromatic nitrogens is 2. The lowest BCUT2D eigenvalue weighted by Crippen LogP contribution is -2.56. The first-order chi connectivity index (χ1) is 17.7. The van der Waals surface area contributed by atoms with Crippen molar-refractivity contribution in [2.24, 2.45) is 23.7 Å². The van der Waals surface area contributed by atoms with Gasteiger partial charge < -0.3 is 9.97 Å². The Hall–Kier alpha value is -2.14. The van der Waals surface area contributed by atoms with Crippen LogP contribution in [0.25, 0.3) is 11.1 Å². The SMILES string of the molecule is PCC1C2CC3CC(C2)CC1(c1ccc(-c2ccccc2)cc1CP(c1cc[nH]c1)c1cc[nH]c1)C3. The summed E-state index contributed by atoms with van der Waals surface area (Å²) in [5.41, 5.74) is 6.33. The first-order valence-electron chi connectivity index (χ1n) is 13.7. The lowest BCUT2D eigenvalue weighted by molar-refractivity contribution is -0.0520. The van der Waals surface area contributed by atoms with Gasteiger partial charge in [-0.25, -0.2) is 0 Å². The average molecular weight is 511 g/mol. The van der Waals surface area contributed by atoms with Crippen molar-refractivity contribution in [2.45, 2.75) is 43.7 Å². The fourth-order valence-corrected chi connectivity index (χ4v) is 11.5. The maximum absolute atomic E-state index is 3.34. The van der Waals surface area contributed by atoms with Crippen LogP contribution in [0.1, 0.15) is 43.2 Å². The van der Waals surface area contributed by atoms with E-state index < -0.39 is 7.92 Å². The zero-order valence-electron chi connectivity index (χ0n) is 20.9. The molecule has 0 saturated heterocycles. The van der Waals surface area contributed by atoms with Crippen LogP contribution in [0.15, 0.2) is 85.5 Å². The standard InChI is InChI=1S/C32H36N2P2/c35-20-31-26-13-22-12-23(14-26)17-32(31,16-22)30-7-6-25(24-4-2-1-3-5-24)15-27(30)21-36(28-8-10-33-18-28)29-9-11-34-19-29/h1-11,15,18-19,22-23,26,31,33-34H,12-14,16-17,20-21,35H2. The van der Waals surface area contributed by atoms with Gasteiger partial charge in [0.2, 0.25) is 0 Å². The third kappa shape index (κ3) is 3.84. The van der Waals surface area contributed by atoms with Crippen molar-refractivity contribution in [3.63, 3.8) is 0 Å². The summed E-state index contributed by atoms with van der Waals surface area (Å²) in [6.45, 7) is 0. The number of hydrogen-bond donors (Lipinski definition) is 2. The summed E-state index contributed by atoms with van der Waals surface area (Å²) < 4.78 is 0. The zero-order chi connectivity index (χ0) is 24.1. The highest BCUT2D eigenvalue weighted by atomic mass is 31.1. The highest BCUT2D eigenvalue weighted by molar-refractivity contribution is 7.72. The summed E-state index contributed by atoms with van der Waals surface area (Å²) in [6.07, 6.45) is 18.2. The maximum atomic E-state index is 3.34. The van der Waals surface area contributed by atoms with Gasteiger partial charge in [0.15, 0.2) is 0 Å². The van der Waals surface area contributed by atoms with Crippen molar-refractivity contribution >= 4 is 27.8 Å². The van der Waals surface area contributed by atoms with Gasteiger partial charge in [0.1, 0.15) is 0 Å². The lowest BCUT2D eigenvalue weighted by Gasteiger charge is -2.62. The van der Waals surface area contributed by atoms with Gasteiger partial charge in [-0.15, -0.1) is 9.24 Å². The Morgan fingerprint density at radius 3 is 2.11 bits per heavy atom. The van der Waals surface area contributed by atoms with Crippen molar-refractivity contribution in [3.05, 3.63) is 96.6 Å². The van der Waals surface area contributed by atoms with Crippen LogP contribution in [0, 0.1) is 23.7 Å². The van der Waals surface area contributed by atoms with Crippen molar-refractivity contribution in [3.8, 4) is 11.1 Å². The van der Waals surface area contributed by atoms with E-state index in [-0.39, 0.29) is 0 Å². The summed E-state index contributed by atoms with van der Waals surface area (Å²) in [6, 6.07) is 23.1. The normalized spacial score (nSPS) is 28.7. The molecule has 2 N–H and O–H groups in total. The van der Waals surface area contributed by atoms with Crippen molar-refractivity contribution in [1.29, 1.82) is 0 Å². The summed E-state index contributed by atoms with van der Waals surface area (Å²) in [7, 11) is 2.68. The Labute approximate surface area is 218 Å². The van der Waals surface area contributed by atoms with Gasteiger partial charge in [-0.2, -0.15) is 0 Å². The molecule has 2 aromatic heterocycles. The number of rotatable bonds is 7. The van der Waals surface area contributed by atoms with Gasteiger partial charge in [0.25, 0.3) is 0 Å². The Morgan fingerprint density at radius 1 is 0.806 bits per heavy atom. The van der Waals surface area contributed by atoms with E-state index in [4.69, 9.17) is 0 Å². The van der Waals surface area contributed by atoms with E-state index in [1.54, 1.807) is 11.1 Å². The molecule has 2 aromatic carbocycles. The quantitative estimate of drug-likeness (QED) is 0.246. The molecule has 4 aromatic rings. The third-order valence-corrected chi connectivity index (χ3v) is 12.6. The van der Waals surface area contributed by atoms with Crippen molar-refractivity contribution in [2.75, 3.05) is 6.16 Å². The van der Waals surface area contributed by atoms with Crippen LogP contribution in [-0.2, 0) is 11.6 Å². The predicted octanol–water partition coefficient (Wildman–Crippen LogP) is 7.21. The predicted molar refractivity (Wildman–Crippen MR) is 157 cm³/mol. The van der Waals surface area contributed by atoms with Gasteiger partial charge in [0, 0.05) is 30.9 Å². The minimum absolute atomic E-state index is 0.359. The Balaban J connectivity index is 1.38. The average Bonchev–Trinajstić information content (AvgIpc) is 3.62. The van der Waals surface area contributed by atoms with Crippen molar-refractivity contribution < 1.29 is 0 Å². The number of hydrogen-bond acceptors (Lipinski definition) is 0. The molecule has 4 fully saturated rings. The van der Waals surface area contributed by atoms with Crippen LogP contribution in [-0.4, -0.2) is 16.1 Å². The molecule has 4 unspecified atom stereocenters. The number of aromatic amines is 2. The second kappa shape index (κ2) is 9.31. The van der Waals surface area contributed by atoms with E-state index in [2.05, 4.69) is 105 Å². The number of nitrogens with one attached hydrogen (secondary N) is 2. The minimum atomic E-state index is -0.478. The summed E-state index contributed by atoms with van der Waals surface area (Å²) in [5, 5.41) is 2.88. The molecule has 0 spiro atoms. The number of H-pyrrole nitrogens is 2. The molecule has 4 heteroatoms. The van der Waals surface area contributed by atoms with Gasteiger partial charge >= 0.3 is 0 Å². The molecule has 0 amide bonds. The second-order valence-corrected chi connectivity index (χ2v) is 14.2. The molecule has 4 saturated carbocycles. The zero-order valence-corrected chi connectivity index (χ0v) is 22.9. The maximum Gasteiger partial charge on any atom is 0.00860 e. The molecular formula is C32H36N2P2. The fraction of sp³-hybridized carbons (Fsp3) is 0.375. The summed E-state index contributed by atoms with van der Waals surface area (Å²) >= 11 is 0. The smallest absolute Gasteiger partial charge is 0.00860 e. The summed E-state index contributed by atoms with van der Waals surface area (Å²) in [5.74, 6) is 3.61. The van der Waals surface area contributed by atoms with E-state index in [1.807, 2.05) is 0 Å². The van der Waals surface area contributed by atoms with Gasteiger partial charge in [-0.05, 0) is 120 Å². The van der Waals surface area contributed by atoms with E-state index >= 15 is 0 Å². The largest absolute Gasteiger partial charge is 0.367 e. The monoisotopic (exact) mass is 510 g/mol. The topological polar surface area (TPSA) is 31.6 Å². The summed E-state index contributed by atoms with van der Waals surface area (Å²) in [4.78, 5) is 6.68. The molecule has 4 atom stereocenters. The van der Waals surface area contributed by atoms with Crippen LogP contribution >= 0.6 is 17.2 Å². The molecule has 0 aliphatic heterocycles. The molecule has 184 valence electrons. The molecular weight excluding hydrogens is 474 g/mol. The Morgan fingerprint density at radius 2 is 1.50 bits per heavy atom. The Kier molecular flexibility index (Phi) is 5.95. The molecule has 2 nitrogen and oxygen atoms in total. The lowest BCUT2D eigenvalue weighted by atomic mass is 9.43. The molecule has 0 radical (unpaired) electrons. The van der Waals surface area contributed by atoms with Gasteiger partial charge in [-0.3, -0.25) is 0 Å². The first kappa shape index (κ1) is 23.0. The van der Waals surface area contributed by atoms with E-state index in [0.29, 0.717) is 5.41 Å². The van der Waals surface area contributed by atoms with E-state index in [0.717, 1.165) is 29.8 Å². The van der Waals surface area contributed by atoms with E-state index in [9.17, 15) is 0 Å². The van der Waals surface area contributed by atoms with Crippen LogP contribution in [0.4, 0.5) is 0 Å².